The van der Waals surface area contributed by atoms with Gasteiger partial charge in [-0.3, -0.25) is 0 Å². The first-order valence-electron chi connectivity index (χ1n) is 12.5. The SMILES string of the molecule is CC1=C(C)C(C)[C]([Zr]([CH3])([CH3])(=[SiH2])[CH]2C=C(c3ccccc3-c3ccccc3)c3ccccc32)=C1C. The molecule has 34 heavy (non-hydrogen) atoms. The van der Waals surface area contributed by atoms with Crippen molar-refractivity contribution in [2.75, 3.05) is 0 Å². The first kappa shape index (κ1) is 23.7. The first-order valence-corrected chi connectivity index (χ1v) is 26.0. The van der Waals surface area contributed by atoms with Crippen molar-refractivity contribution < 1.29 is 17.4 Å². The third-order valence-corrected chi connectivity index (χ3v) is 26.0. The van der Waals surface area contributed by atoms with Gasteiger partial charge in [0.25, 0.3) is 0 Å². The third-order valence-electron chi connectivity index (χ3n) is 8.74. The van der Waals surface area contributed by atoms with E-state index in [4.69, 9.17) is 0 Å². The Balaban J connectivity index is 1.73. The maximum atomic E-state index is 2.70. The fraction of sp³-hybridized carbons (Fsp3) is 0.250. The molecule has 2 aliphatic carbocycles. The molecule has 3 aromatic carbocycles. The van der Waals surface area contributed by atoms with Crippen LogP contribution in [0, 0.1) is 5.92 Å². The summed E-state index contributed by atoms with van der Waals surface area (Å²) in [6, 6.07) is 29.0. The van der Waals surface area contributed by atoms with E-state index < -0.39 is 17.4 Å². The Bertz CT molecular complexity index is 1460. The molecule has 0 saturated carbocycles. The van der Waals surface area contributed by atoms with E-state index in [0.717, 1.165) is 0 Å². The number of benzene rings is 3. The zero-order chi connectivity index (χ0) is 24.3. The quantitative estimate of drug-likeness (QED) is 0.292. The second-order valence-corrected chi connectivity index (χ2v) is 41.0. The number of hydrogen-bond acceptors (Lipinski definition) is 0. The van der Waals surface area contributed by atoms with Gasteiger partial charge in [0.2, 0.25) is 0 Å². The van der Waals surface area contributed by atoms with Crippen molar-refractivity contribution in [3.63, 3.8) is 0 Å². The van der Waals surface area contributed by atoms with Crippen molar-refractivity contribution in [1.82, 2.24) is 0 Å². The molecule has 2 aliphatic rings. The molecule has 3 aromatic rings. The standard InChI is InChI=1S/C21H15.C9H13.2CH3.H2Si.Zr/c1-2-8-16(9-3-1)18-12-6-7-13-20(18)21-15-14-17-10-4-5-11-19(17)21;1-6-5-7(2)9(4)8(6)3;;;;/h1-15H;6H,1-4H3;2*1H3;1H2;. The van der Waals surface area contributed by atoms with Gasteiger partial charge in [0.1, 0.15) is 0 Å². The van der Waals surface area contributed by atoms with E-state index in [1.54, 1.807) is 16.7 Å². The number of rotatable bonds is 4. The second-order valence-electron chi connectivity index (χ2n) is 11.4. The molecule has 0 heterocycles. The predicted octanol–water partition coefficient (Wildman–Crippen LogP) is 8.43. The molecule has 0 saturated heterocycles. The van der Waals surface area contributed by atoms with Crippen LogP contribution < -0.4 is 0 Å². The third kappa shape index (κ3) is 3.57. The Labute approximate surface area is 208 Å². The van der Waals surface area contributed by atoms with Crippen molar-refractivity contribution in [3.05, 3.63) is 122 Å². The minimum absolute atomic E-state index is 0.515. The summed E-state index contributed by atoms with van der Waals surface area (Å²) in [7, 11) is 0. The van der Waals surface area contributed by atoms with Gasteiger partial charge in [-0.1, -0.05) is 0 Å². The van der Waals surface area contributed by atoms with Crippen LogP contribution in [-0.2, 0) is 17.4 Å². The van der Waals surface area contributed by atoms with Crippen molar-refractivity contribution in [2.24, 2.45) is 5.92 Å². The van der Waals surface area contributed by atoms with Gasteiger partial charge in [0.05, 0.1) is 0 Å². The Morgan fingerprint density at radius 3 is 1.85 bits per heavy atom. The summed E-state index contributed by atoms with van der Waals surface area (Å²) in [4.78, 5) is 0. The van der Waals surface area contributed by atoms with Gasteiger partial charge >= 0.3 is 209 Å². The summed E-state index contributed by atoms with van der Waals surface area (Å²) in [5, 5.41) is 0. The van der Waals surface area contributed by atoms with Crippen LogP contribution in [-0.4, -0.2) is 6.88 Å². The van der Waals surface area contributed by atoms with E-state index in [1.807, 2.05) is 3.28 Å². The van der Waals surface area contributed by atoms with E-state index in [9.17, 15) is 0 Å². The van der Waals surface area contributed by atoms with Crippen LogP contribution in [0.3, 0.4) is 0 Å². The molecule has 0 fully saturated rings. The average molecular weight is 540 g/mol. The van der Waals surface area contributed by atoms with E-state index in [0.29, 0.717) is 9.54 Å². The Kier molecular flexibility index (Phi) is 5.78. The minimum atomic E-state index is -3.41. The van der Waals surface area contributed by atoms with Gasteiger partial charge in [-0.15, -0.1) is 0 Å². The maximum absolute atomic E-state index is 3.41. The summed E-state index contributed by atoms with van der Waals surface area (Å²) in [6.45, 7) is 11.9. The van der Waals surface area contributed by atoms with Crippen molar-refractivity contribution in [3.8, 4) is 11.1 Å². The normalized spacial score (nSPS) is 20.6. The fourth-order valence-electron chi connectivity index (χ4n) is 6.81. The molecule has 2 heteroatoms. The number of allylic oxidation sites excluding steroid dienone is 5. The topological polar surface area (TPSA) is 0 Å². The molecule has 0 bridgehead atoms. The molecule has 0 nitrogen and oxygen atoms in total. The molecule has 0 aromatic heterocycles. The van der Waals surface area contributed by atoms with Crippen molar-refractivity contribution in [2.45, 2.75) is 40.6 Å². The monoisotopic (exact) mass is 538 g/mol. The van der Waals surface area contributed by atoms with Gasteiger partial charge in [-0.05, 0) is 0 Å². The molecule has 5 rings (SSSR count). The fourth-order valence-corrected chi connectivity index (χ4v) is 25.3. The van der Waals surface area contributed by atoms with Crippen LogP contribution in [0.1, 0.15) is 48.0 Å². The van der Waals surface area contributed by atoms with Gasteiger partial charge in [-0.25, -0.2) is 0 Å². The molecule has 0 amide bonds. The molecule has 0 aliphatic heterocycles. The van der Waals surface area contributed by atoms with Gasteiger partial charge < -0.3 is 0 Å². The first-order chi connectivity index (χ1) is 16.1. The van der Waals surface area contributed by atoms with E-state index >= 15 is 0 Å². The summed E-state index contributed by atoms with van der Waals surface area (Å²) >= 11 is -3.41. The Morgan fingerprint density at radius 1 is 0.676 bits per heavy atom. The average Bonchev–Trinajstić information content (AvgIpc) is 3.32. The van der Waals surface area contributed by atoms with Gasteiger partial charge in [-0.2, -0.15) is 0 Å². The van der Waals surface area contributed by atoms with Crippen LogP contribution in [0.4, 0.5) is 0 Å². The number of hydrogen-bond donors (Lipinski definition) is 0. The second kappa shape index (κ2) is 8.28. The molecule has 172 valence electrons. The Hall–Kier alpha value is -2.02. The van der Waals surface area contributed by atoms with Crippen LogP contribution in [0.25, 0.3) is 16.7 Å². The zero-order valence-corrected chi connectivity index (χ0v) is 25.3. The van der Waals surface area contributed by atoms with Crippen LogP contribution in [0.15, 0.2) is 105 Å². The summed E-state index contributed by atoms with van der Waals surface area (Å²) in [5.41, 5.74) is 13.0. The molecule has 0 N–H and O–H groups in total. The van der Waals surface area contributed by atoms with Gasteiger partial charge in [0.15, 0.2) is 0 Å². The molecular weight excluding hydrogens is 504 g/mol. The zero-order valence-electron chi connectivity index (χ0n) is 21.4. The van der Waals surface area contributed by atoms with Crippen LogP contribution >= 0.6 is 0 Å². The molecular formula is C32H36SiZr. The predicted molar refractivity (Wildman–Crippen MR) is 149 cm³/mol. The molecule has 0 spiro atoms. The molecule has 2 atom stereocenters. The van der Waals surface area contributed by atoms with Crippen LogP contribution in [0.2, 0.25) is 9.26 Å². The molecule has 2 unspecified atom stereocenters. The van der Waals surface area contributed by atoms with Crippen molar-refractivity contribution in [1.29, 1.82) is 0 Å². The van der Waals surface area contributed by atoms with E-state index in [-0.39, 0.29) is 0 Å². The summed E-state index contributed by atoms with van der Waals surface area (Å²) < 4.78 is 7.72. The summed E-state index contributed by atoms with van der Waals surface area (Å²) in [6.07, 6.45) is 2.67. The van der Waals surface area contributed by atoms with E-state index in [1.165, 1.54) is 33.4 Å². The number of fused-ring (bicyclic) bond motifs is 1. The summed E-state index contributed by atoms with van der Waals surface area (Å²) in [5.74, 6) is 0.569. The molecule has 0 radical (unpaired) electrons. The van der Waals surface area contributed by atoms with E-state index in [2.05, 4.69) is 129 Å². The van der Waals surface area contributed by atoms with Gasteiger partial charge in [0, 0.05) is 0 Å². The Morgan fingerprint density at radius 2 is 1.24 bits per heavy atom. The van der Waals surface area contributed by atoms with Crippen LogP contribution in [0.5, 0.6) is 0 Å². The van der Waals surface area contributed by atoms with Crippen molar-refractivity contribution >= 4 is 12.5 Å².